The molecule has 0 bridgehead atoms. The Balaban J connectivity index is 0.00000368. The number of hydrogen-bond acceptors (Lipinski definition) is 4. The molecule has 0 unspecified atom stereocenters. The Morgan fingerprint density at radius 1 is 0.814 bits per heavy atom. The van der Waals surface area contributed by atoms with Crippen LogP contribution < -0.4 is 4.74 Å². The third-order valence-electron chi connectivity index (χ3n) is 7.99. The van der Waals surface area contributed by atoms with Crippen LogP contribution in [0, 0.1) is 26.8 Å². The molecule has 6 aromatic rings. The number of aromatic hydroxyl groups is 1. The molecule has 1 N–H and O–H groups in total. The van der Waals surface area contributed by atoms with Gasteiger partial charge in [0.05, 0.1) is 0 Å². The minimum Gasteiger partial charge on any atom is -0.506 e. The summed E-state index contributed by atoms with van der Waals surface area (Å²) in [5, 5.41) is 13.9. The van der Waals surface area contributed by atoms with Crippen LogP contribution in [0.25, 0.3) is 38.5 Å². The maximum atomic E-state index is 10.7. The molecule has 0 saturated carbocycles. The fourth-order valence-corrected chi connectivity index (χ4v) is 5.78. The van der Waals surface area contributed by atoms with Crippen molar-refractivity contribution in [1.29, 1.82) is 0 Å². The molecule has 6 heteroatoms. The second kappa shape index (κ2) is 10.8. The number of benzene rings is 3. The van der Waals surface area contributed by atoms with Crippen molar-refractivity contribution in [2.45, 2.75) is 73.1 Å². The van der Waals surface area contributed by atoms with E-state index in [1.54, 1.807) is 6.07 Å². The van der Waals surface area contributed by atoms with E-state index in [9.17, 15) is 5.11 Å². The summed E-state index contributed by atoms with van der Waals surface area (Å²) < 4.78 is 8.68. The first-order chi connectivity index (χ1) is 19.7. The van der Waals surface area contributed by atoms with E-state index in [1.165, 1.54) is 11.1 Å². The number of pyridine rings is 2. The number of phenols is 1. The van der Waals surface area contributed by atoms with E-state index in [-0.39, 0.29) is 37.6 Å². The van der Waals surface area contributed by atoms with Gasteiger partial charge in [0.1, 0.15) is 17.1 Å². The quantitative estimate of drug-likeness (QED) is 0.183. The van der Waals surface area contributed by atoms with Gasteiger partial charge in [-0.3, -0.25) is 0 Å². The van der Waals surface area contributed by atoms with E-state index in [2.05, 4.69) is 95.5 Å². The van der Waals surface area contributed by atoms with Crippen LogP contribution in [-0.4, -0.2) is 19.6 Å². The van der Waals surface area contributed by atoms with Crippen LogP contribution in [0.3, 0.4) is 0 Å². The first kappa shape index (κ1) is 30.8. The maximum Gasteiger partial charge on any atom is 0.217 e. The van der Waals surface area contributed by atoms with E-state index in [0.717, 1.165) is 49.7 Å². The van der Waals surface area contributed by atoms with Gasteiger partial charge in [-0.2, -0.15) is 0 Å². The van der Waals surface area contributed by atoms with Crippen molar-refractivity contribution in [3.05, 3.63) is 94.7 Å². The Hall–Kier alpha value is -3.69. The topological polar surface area (TPSA) is 60.2 Å². The first-order valence-corrected chi connectivity index (χ1v) is 14.5. The van der Waals surface area contributed by atoms with Crippen LogP contribution in [0.4, 0.5) is 0 Å². The van der Waals surface area contributed by atoms with Gasteiger partial charge in [0, 0.05) is 50.0 Å². The Kier molecular flexibility index (Phi) is 7.72. The molecule has 0 saturated heterocycles. The van der Waals surface area contributed by atoms with Crippen LogP contribution >= 0.6 is 0 Å². The van der Waals surface area contributed by atoms with Gasteiger partial charge < -0.3 is 14.4 Å². The van der Waals surface area contributed by atoms with Crippen molar-refractivity contribution in [3.8, 4) is 23.2 Å². The Morgan fingerprint density at radius 3 is 2.26 bits per heavy atom. The summed E-state index contributed by atoms with van der Waals surface area (Å²) in [6.45, 7) is 19.4. The molecule has 3 aromatic carbocycles. The van der Waals surface area contributed by atoms with Gasteiger partial charge in [-0.25, -0.2) is 9.97 Å². The van der Waals surface area contributed by atoms with Gasteiger partial charge in [-0.15, -0.1) is 17.7 Å². The molecule has 224 valence electrons. The summed E-state index contributed by atoms with van der Waals surface area (Å²) in [6.07, 6.45) is 1.89. The SMILES string of the molecule is Cc1cc(O)c2nc(Oc3[c-]c4c(c(C(C)(C)C)c3)c3ccc(C)cc3n4-c3cc(C(C)(C)C)ccn3)cc(C)c2c1.[Pt]. The predicted molar refractivity (Wildman–Crippen MR) is 173 cm³/mol. The fraction of sp³-hybridized carbons (Fsp3) is 0.297. The standard InChI is InChI=1S/C37H38N3O2.Pt/c1-21-10-11-26-29(15-21)40(32-18-24(12-13-38-32)36(4,5)6)30-20-25(19-28(34(26)30)37(7,8)9)42-33-17-23(3)27-14-22(2)16-31(41)35(27)39-33;/h10-19,41H,1-9H3;/q-1;. The van der Waals surface area contributed by atoms with Crippen LogP contribution in [0.15, 0.2) is 60.8 Å². The van der Waals surface area contributed by atoms with E-state index in [0.29, 0.717) is 17.1 Å². The predicted octanol–water partition coefficient (Wildman–Crippen LogP) is 9.54. The molecule has 3 aromatic heterocycles. The van der Waals surface area contributed by atoms with Crippen molar-refractivity contribution in [1.82, 2.24) is 14.5 Å². The number of aryl methyl sites for hydroxylation is 3. The summed E-state index contributed by atoms with van der Waals surface area (Å²) in [7, 11) is 0. The van der Waals surface area contributed by atoms with Crippen LogP contribution in [-0.2, 0) is 31.9 Å². The second-order valence-corrected chi connectivity index (χ2v) is 13.6. The summed E-state index contributed by atoms with van der Waals surface area (Å²) >= 11 is 0. The van der Waals surface area contributed by atoms with Gasteiger partial charge in [-0.1, -0.05) is 64.6 Å². The largest absolute Gasteiger partial charge is 0.506 e. The fourth-order valence-electron chi connectivity index (χ4n) is 5.78. The molecule has 5 nitrogen and oxygen atoms in total. The first-order valence-electron chi connectivity index (χ1n) is 14.5. The monoisotopic (exact) mass is 751 g/mol. The van der Waals surface area contributed by atoms with Gasteiger partial charge in [0.25, 0.3) is 0 Å². The van der Waals surface area contributed by atoms with Gasteiger partial charge in [0.15, 0.2) is 0 Å². The summed E-state index contributed by atoms with van der Waals surface area (Å²) in [5.41, 5.74) is 7.84. The molecule has 0 aliphatic heterocycles. The molecule has 6 rings (SSSR count). The Bertz CT molecular complexity index is 2030. The van der Waals surface area contributed by atoms with Crippen molar-refractivity contribution >= 4 is 32.7 Å². The molecule has 0 atom stereocenters. The van der Waals surface area contributed by atoms with Crippen molar-refractivity contribution in [2.75, 3.05) is 0 Å². The van der Waals surface area contributed by atoms with Crippen molar-refractivity contribution in [3.63, 3.8) is 0 Å². The normalized spacial score (nSPS) is 12.2. The third kappa shape index (κ3) is 5.56. The van der Waals surface area contributed by atoms with E-state index in [4.69, 9.17) is 14.7 Å². The number of nitrogens with zero attached hydrogens (tertiary/aromatic N) is 3. The summed E-state index contributed by atoms with van der Waals surface area (Å²) in [6, 6.07) is 22.2. The molecule has 0 spiro atoms. The van der Waals surface area contributed by atoms with Crippen molar-refractivity contribution in [2.24, 2.45) is 0 Å². The van der Waals surface area contributed by atoms with Crippen LogP contribution in [0.5, 0.6) is 17.4 Å². The number of ether oxygens (including phenoxy) is 1. The van der Waals surface area contributed by atoms with Gasteiger partial charge in [0.2, 0.25) is 5.88 Å². The van der Waals surface area contributed by atoms with E-state index < -0.39 is 0 Å². The number of fused-ring (bicyclic) bond motifs is 4. The zero-order valence-electron chi connectivity index (χ0n) is 26.3. The minimum absolute atomic E-state index is 0. The molecule has 0 aliphatic carbocycles. The van der Waals surface area contributed by atoms with Gasteiger partial charge >= 0.3 is 0 Å². The van der Waals surface area contributed by atoms with Crippen LogP contribution in [0.1, 0.15) is 69.4 Å². The number of rotatable bonds is 3. The zero-order chi connectivity index (χ0) is 30.1. The van der Waals surface area contributed by atoms with Gasteiger partial charge in [-0.05, 0) is 89.6 Å². The smallest absolute Gasteiger partial charge is 0.217 e. The zero-order valence-corrected chi connectivity index (χ0v) is 28.6. The average molecular weight is 752 g/mol. The maximum absolute atomic E-state index is 10.7. The average Bonchev–Trinajstić information content (AvgIpc) is 3.21. The number of hydrogen-bond donors (Lipinski definition) is 1. The van der Waals surface area contributed by atoms with Crippen molar-refractivity contribution < 1.29 is 30.9 Å². The molecular formula is C37H38N3O2Pt-. The van der Waals surface area contributed by atoms with Crippen LogP contribution in [0.2, 0.25) is 0 Å². The number of phenolic OH excluding ortho intramolecular Hbond substituents is 1. The van der Waals surface area contributed by atoms with E-state index in [1.807, 2.05) is 32.2 Å². The summed E-state index contributed by atoms with van der Waals surface area (Å²) in [4.78, 5) is 9.56. The molecule has 43 heavy (non-hydrogen) atoms. The molecular weight excluding hydrogens is 714 g/mol. The molecule has 0 amide bonds. The second-order valence-electron chi connectivity index (χ2n) is 13.6. The third-order valence-corrected chi connectivity index (χ3v) is 7.99. The molecule has 0 fully saturated rings. The summed E-state index contributed by atoms with van der Waals surface area (Å²) in [5.74, 6) is 1.98. The Labute approximate surface area is 268 Å². The minimum atomic E-state index is -0.182. The molecule has 3 heterocycles. The molecule has 0 aliphatic rings. The Morgan fingerprint density at radius 2 is 1.56 bits per heavy atom. The van der Waals surface area contributed by atoms with E-state index >= 15 is 0 Å². The number of aromatic nitrogens is 3. The molecule has 0 radical (unpaired) electrons.